The highest BCUT2D eigenvalue weighted by Crippen LogP contribution is 2.27. The van der Waals surface area contributed by atoms with E-state index in [1.165, 1.54) is 25.7 Å². The third kappa shape index (κ3) is 1.70. The van der Waals surface area contributed by atoms with Gasteiger partial charge in [0.25, 0.3) is 0 Å². The first-order valence-electron chi connectivity index (χ1n) is 4.28. The zero-order valence-corrected chi connectivity index (χ0v) is 6.55. The Hall–Kier alpha value is -0.0800. The van der Waals surface area contributed by atoms with Crippen molar-refractivity contribution in [3.8, 4) is 0 Å². The number of nitrogens with two attached hydrogens (primary N) is 2. The highest BCUT2D eigenvalue weighted by Gasteiger charge is 2.21. The normalized spacial score (nSPS) is 34.2. The van der Waals surface area contributed by atoms with Crippen LogP contribution in [0.1, 0.15) is 25.7 Å². The summed E-state index contributed by atoms with van der Waals surface area (Å²) in [6.07, 6.45) is 5.33. The first-order chi connectivity index (χ1) is 4.88. The van der Waals surface area contributed by atoms with E-state index in [-0.39, 0.29) is 0 Å². The molecule has 2 nitrogen and oxygen atoms in total. The van der Waals surface area contributed by atoms with Crippen LogP contribution in [0.25, 0.3) is 0 Å². The highest BCUT2D eigenvalue weighted by molar-refractivity contribution is 4.76. The predicted octanol–water partition coefficient (Wildman–Crippen LogP) is 0.710. The topological polar surface area (TPSA) is 52.0 Å². The molecular formula is C8H18N2. The summed E-state index contributed by atoms with van der Waals surface area (Å²) in [6.45, 7) is 1.67. The minimum absolute atomic E-state index is 0.721. The van der Waals surface area contributed by atoms with E-state index in [0.717, 1.165) is 24.9 Å². The Kier molecular flexibility index (Phi) is 3.16. The first kappa shape index (κ1) is 8.02. The van der Waals surface area contributed by atoms with Gasteiger partial charge in [0.2, 0.25) is 0 Å². The number of hydrogen-bond donors (Lipinski definition) is 2. The lowest BCUT2D eigenvalue weighted by atomic mass is 9.79. The van der Waals surface area contributed by atoms with Crippen molar-refractivity contribution in [1.82, 2.24) is 0 Å². The molecule has 60 valence electrons. The summed E-state index contributed by atoms with van der Waals surface area (Å²) >= 11 is 0. The summed E-state index contributed by atoms with van der Waals surface area (Å²) in [7, 11) is 0. The van der Waals surface area contributed by atoms with E-state index >= 15 is 0 Å². The van der Waals surface area contributed by atoms with E-state index < -0.39 is 0 Å². The lowest BCUT2D eigenvalue weighted by Crippen LogP contribution is -2.31. The molecule has 0 amide bonds. The van der Waals surface area contributed by atoms with Gasteiger partial charge in [0, 0.05) is 0 Å². The fraction of sp³-hybridized carbons (Fsp3) is 1.00. The summed E-state index contributed by atoms with van der Waals surface area (Å²) in [5.41, 5.74) is 11.2. The van der Waals surface area contributed by atoms with Gasteiger partial charge >= 0.3 is 0 Å². The molecule has 4 N–H and O–H groups in total. The van der Waals surface area contributed by atoms with Gasteiger partial charge in [-0.05, 0) is 37.8 Å². The van der Waals surface area contributed by atoms with Gasteiger partial charge in [0.1, 0.15) is 0 Å². The summed E-state index contributed by atoms with van der Waals surface area (Å²) in [5, 5.41) is 0. The van der Waals surface area contributed by atoms with Crippen LogP contribution in [0, 0.1) is 11.8 Å². The van der Waals surface area contributed by atoms with Gasteiger partial charge in [0.15, 0.2) is 0 Å². The van der Waals surface area contributed by atoms with Gasteiger partial charge in [0.05, 0.1) is 0 Å². The molecule has 0 aliphatic heterocycles. The molecule has 1 rings (SSSR count). The van der Waals surface area contributed by atoms with Crippen LogP contribution in [-0.4, -0.2) is 13.1 Å². The van der Waals surface area contributed by atoms with Gasteiger partial charge in [-0.15, -0.1) is 0 Å². The van der Waals surface area contributed by atoms with Gasteiger partial charge in [-0.25, -0.2) is 0 Å². The number of rotatable bonds is 2. The molecule has 1 aliphatic rings. The van der Waals surface area contributed by atoms with Crippen molar-refractivity contribution >= 4 is 0 Å². The summed E-state index contributed by atoms with van der Waals surface area (Å²) in [6, 6.07) is 0. The minimum Gasteiger partial charge on any atom is -0.330 e. The zero-order valence-electron chi connectivity index (χ0n) is 6.55. The van der Waals surface area contributed by atoms with Crippen molar-refractivity contribution in [3.63, 3.8) is 0 Å². The molecule has 2 atom stereocenters. The molecule has 0 bridgehead atoms. The average Bonchev–Trinajstić information content (AvgIpc) is 2.04. The molecule has 10 heavy (non-hydrogen) atoms. The summed E-state index contributed by atoms with van der Waals surface area (Å²) in [4.78, 5) is 0. The predicted molar refractivity (Wildman–Crippen MR) is 43.6 cm³/mol. The fourth-order valence-electron chi connectivity index (χ4n) is 1.91. The Balaban J connectivity index is 2.34. The highest BCUT2D eigenvalue weighted by atomic mass is 14.6. The van der Waals surface area contributed by atoms with Crippen LogP contribution >= 0.6 is 0 Å². The van der Waals surface area contributed by atoms with Crippen LogP contribution in [0.4, 0.5) is 0 Å². The van der Waals surface area contributed by atoms with Crippen LogP contribution in [0.15, 0.2) is 0 Å². The average molecular weight is 142 g/mol. The summed E-state index contributed by atoms with van der Waals surface area (Å²) < 4.78 is 0. The maximum Gasteiger partial charge on any atom is -0.00457 e. The van der Waals surface area contributed by atoms with Crippen molar-refractivity contribution in [3.05, 3.63) is 0 Å². The maximum absolute atomic E-state index is 5.61. The van der Waals surface area contributed by atoms with Crippen LogP contribution in [0.2, 0.25) is 0 Å². The Bertz CT molecular complexity index is 81.3. The molecule has 0 saturated heterocycles. The monoisotopic (exact) mass is 142 g/mol. The quantitative estimate of drug-likeness (QED) is 0.596. The minimum atomic E-state index is 0.721. The number of hydrogen-bond acceptors (Lipinski definition) is 2. The third-order valence-electron chi connectivity index (χ3n) is 2.67. The Morgan fingerprint density at radius 2 is 1.30 bits per heavy atom. The van der Waals surface area contributed by atoms with Gasteiger partial charge in [-0.1, -0.05) is 12.8 Å². The SMILES string of the molecule is NCC1CCCCC1CN. The van der Waals surface area contributed by atoms with Gasteiger partial charge < -0.3 is 11.5 Å². The molecule has 1 saturated carbocycles. The smallest absolute Gasteiger partial charge is 0.00457 e. The van der Waals surface area contributed by atoms with Crippen molar-refractivity contribution in [2.45, 2.75) is 25.7 Å². The van der Waals surface area contributed by atoms with Crippen LogP contribution in [-0.2, 0) is 0 Å². The zero-order chi connectivity index (χ0) is 7.40. The molecule has 2 heteroatoms. The second kappa shape index (κ2) is 3.94. The Labute approximate surface area is 63.0 Å². The van der Waals surface area contributed by atoms with Gasteiger partial charge in [-0.3, -0.25) is 0 Å². The third-order valence-corrected chi connectivity index (χ3v) is 2.67. The van der Waals surface area contributed by atoms with E-state index in [4.69, 9.17) is 11.5 Å². The maximum atomic E-state index is 5.61. The van der Waals surface area contributed by atoms with Gasteiger partial charge in [-0.2, -0.15) is 0 Å². The molecule has 2 unspecified atom stereocenters. The lowest BCUT2D eigenvalue weighted by molar-refractivity contribution is 0.250. The molecule has 0 aromatic heterocycles. The van der Waals surface area contributed by atoms with E-state index in [2.05, 4.69) is 0 Å². The van der Waals surface area contributed by atoms with E-state index in [1.54, 1.807) is 0 Å². The summed E-state index contributed by atoms with van der Waals surface area (Å²) in [5.74, 6) is 1.44. The van der Waals surface area contributed by atoms with Crippen LogP contribution in [0.5, 0.6) is 0 Å². The lowest BCUT2D eigenvalue weighted by Gasteiger charge is -2.29. The van der Waals surface area contributed by atoms with E-state index in [0.29, 0.717) is 0 Å². The molecule has 0 spiro atoms. The molecular weight excluding hydrogens is 124 g/mol. The van der Waals surface area contributed by atoms with Crippen molar-refractivity contribution in [2.24, 2.45) is 23.3 Å². The molecule has 1 aliphatic carbocycles. The second-order valence-electron chi connectivity index (χ2n) is 3.28. The van der Waals surface area contributed by atoms with Crippen LogP contribution < -0.4 is 11.5 Å². The largest absolute Gasteiger partial charge is 0.330 e. The second-order valence-corrected chi connectivity index (χ2v) is 3.28. The first-order valence-corrected chi connectivity index (χ1v) is 4.28. The van der Waals surface area contributed by atoms with Crippen molar-refractivity contribution in [2.75, 3.05) is 13.1 Å². The molecule has 0 radical (unpaired) electrons. The van der Waals surface area contributed by atoms with Crippen molar-refractivity contribution < 1.29 is 0 Å². The fourth-order valence-corrected chi connectivity index (χ4v) is 1.91. The van der Waals surface area contributed by atoms with Crippen LogP contribution in [0.3, 0.4) is 0 Å². The van der Waals surface area contributed by atoms with E-state index in [9.17, 15) is 0 Å². The Morgan fingerprint density at radius 3 is 1.60 bits per heavy atom. The molecule has 0 heterocycles. The molecule has 1 fully saturated rings. The molecule has 0 aromatic carbocycles. The van der Waals surface area contributed by atoms with Crippen molar-refractivity contribution in [1.29, 1.82) is 0 Å². The molecule has 0 aromatic rings. The van der Waals surface area contributed by atoms with E-state index in [1.807, 2.05) is 0 Å². The standard InChI is InChI=1S/C8H18N2/c9-5-7-3-1-2-4-8(7)6-10/h7-8H,1-6,9-10H2. The Morgan fingerprint density at radius 1 is 0.900 bits per heavy atom.